The molecule has 108 valence electrons. The Labute approximate surface area is 118 Å². The summed E-state index contributed by atoms with van der Waals surface area (Å²) in [4.78, 5) is 22.6. The molecule has 0 saturated heterocycles. The van der Waals surface area contributed by atoms with Crippen molar-refractivity contribution in [3.8, 4) is 0 Å². The molecule has 1 aliphatic carbocycles. The third kappa shape index (κ3) is 3.10. The Hall–Kier alpha value is -2.04. The predicted octanol–water partition coefficient (Wildman–Crippen LogP) is 1.74. The van der Waals surface area contributed by atoms with E-state index in [1.54, 1.807) is 13.8 Å². The monoisotopic (exact) mass is 276 g/mol. The lowest BCUT2D eigenvalue weighted by Crippen LogP contribution is -2.45. The quantitative estimate of drug-likeness (QED) is 0.766. The lowest BCUT2D eigenvalue weighted by atomic mass is 9.78. The Morgan fingerprint density at radius 1 is 1.30 bits per heavy atom. The van der Waals surface area contributed by atoms with Gasteiger partial charge in [0.2, 0.25) is 0 Å². The number of nitrogens with one attached hydrogen (secondary N) is 2. The number of aliphatic carboxylic acids is 1. The zero-order chi connectivity index (χ0) is 14.8. The average molecular weight is 276 g/mol. The van der Waals surface area contributed by atoms with Crippen LogP contribution in [0.5, 0.6) is 0 Å². The number of carbonyl (C=O) groups excluding carboxylic acids is 1. The molecule has 2 rings (SSSR count). The second kappa shape index (κ2) is 5.53. The van der Waals surface area contributed by atoms with Crippen LogP contribution in [0, 0.1) is 5.41 Å². The molecule has 0 radical (unpaired) electrons. The molecule has 0 spiro atoms. The molecule has 0 bridgehead atoms. The molecular weight excluding hydrogens is 256 g/mol. The maximum Gasteiger partial charge on any atom is 0.314 e. The van der Waals surface area contributed by atoms with Gasteiger partial charge in [-0.15, -0.1) is 0 Å². The first-order valence-corrected chi connectivity index (χ1v) is 6.73. The summed E-state index contributed by atoms with van der Waals surface area (Å²) in [7, 11) is 0. The molecule has 0 heterocycles. The topological polar surface area (TPSA) is 78.4 Å². The van der Waals surface area contributed by atoms with E-state index in [-0.39, 0.29) is 12.6 Å². The van der Waals surface area contributed by atoms with Gasteiger partial charge < -0.3 is 15.7 Å². The van der Waals surface area contributed by atoms with Gasteiger partial charge in [-0.05, 0) is 31.4 Å². The molecule has 1 atom stereocenters. The number of carboxylic acid groups (broad SMARTS) is 1. The Morgan fingerprint density at radius 3 is 2.65 bits per heavy atom. The van der Waals surface area contributed by atoms with Crippen LogP contribution in [-0.2, 0) is 11.2 Å². The lowest BCUT2D eigenvalue weighted by Gasteiger charge is -2.30. The molecule has 0 saturated carbocycles. The molecule has 0 aromatic heterocycles. The standard InChI is InChI=1S/C15H20N2O3/c1-15(2,13(18)19)9-17-14(20)16-8-11-7-10-5-3-4-6-12(10)11/h3-6,11H,7-9H2,1-2H3,(H,18,19)(H2,16,17,20). The minimum atomic E-state index is -0.958. The van der Waals surface area contributed by atoms with E-state index in [4.69, 9.17) is 5.11 Å². The number of hydrogen-bond donors (Lipinski definition) is 3. The van der Waals surface area contributed by atoms with Crippen molar-refractivity contribution in [3.05, 3.63) is 35.4 Å². The highest BCUT2D eigenvalue weighted by Gasteiger charge is 2.28. The van der Waals surface area contributed by atoms with Crippen LogP contribution in [0.3, 0.4) is 0 Å². The third-order valence-corrected chi connectivity index (χ3v) is 3.74. The minimum absolute atomic E-state index is 0.107. The molecule has 20 heavy (non-hydrogen) atoms. The smallest absolute Gasteiger partial charge is 0.314 e. The van der Waals surface area contributed by atoms with E-state index in [2.05, 4.69) is 22.8 Å². The zero-order valence-corrected chi connectivity index (χ0v) is 11.8. The summed E-state index contributed by atoms with van der Waals surface area (Å²) in [5.74, 6) is -0.560. The fourth-order valence-corrected chi connectivity index (χ4v) is 2.20. The second-order valence-corrected chi connectivity index (χ2v) is 5.85. The van der Waals surface area contributed by atoms with Crippen molar-refractivity contribution in [1.29, 1.82) is 0 Å². The largest absolute Gasteiger partial charge is 0.481 e. The fourth-order valence-electron chi connectivity index (χ4n) is 2.20. The molecule has 3 N–H and O–H groups in total. The number of rotatable bonds is 5. The van der Waals surface area contributed by atoms with E-state index in [9.17, 15) is 9.59 Å². The van der Waals surface area contributed by atoms with Gasteiger partial charge in [0.25, 0.3) is 0 Å². The number of carbonyl (C=O) groups is 2. The highest BCUT2D eigenvalue weighted by Crippen LogP contribution is 2.33. The highest BCUT2D eigenvalue weighted by molar-refractivity contribution is 5.77. The number of hydrogen-bond acceptors (Lipinski definition) is 2. The van der Waals surface area contributed by atoms with Crippen molar-refractivity contribution >= 4 is 12.0 Å². The lowest BCUT2D eigenvalue weighted by molar-refractivity contribution is -0.146. The molecular formula is C15H20N2O3. The van der Waals surface area contributed by atoms with E-state index in [0.29, 0.717) is 12.5 Å². The van der Waals surface area contributed by atoms with Crippen molar-refractivity contribution in [2.75, 3.05) is 13.1 Å². The number of amides is 2. The Bertz CT molecular complexity index is 526. The number of urea groups is 1. The minimum Gasteiger partial charge on any atom is -0.481 e. The van der Waals surface area contributed by atoms with Crippen molar-refractivity contribution in [1.82, 2.24) is 10.6 Å². The van der Waals surface area contributed by atoms with Gasteiger partial charge in [-0.2, -0.15) is 0 Å². The summed E-state index contributed by atoms with van der Waals surface area (Å²) in [5, 5.41) is 14.4. The van der Waals surface area contributed by atoms with Crippen LogP contribution in [0.2, 0.25) is 0 Å². The Kier molecular flexibility index (Phi) is 3.97. The summed E-state index contributed by atoms with van der Waals surface area (Å²) < 4.78 is 0. The van der Waals surface area contributed by atoms with Gasteiger partial charge >= 0.3 is 12.0 Å². The second-order valence-electron chi connectivity index (χ2n) is 5.85. The maximum absolute atomic E-state index is 11.7. The molecule has 1 aliphatic rings. The van der Waals surface area contributed by atoms with Gasteiger partial charge in [0.15, 0.2) is 0 Å². The van der Waals surface area contributed by atoms with Crippen LogP contribution < -0.4 is 10.6 Å². The molecule has 5 nitrogen and oxygen atoms in total. The van der Waals surface area contributed by atoms with Gasteiger partial charge in [0.05, 0.1) is 5.41 Å². The van der Waals surface area contributed by atoms with Crippen LogP contribution >= 0.6 is 0 Å². The summed E-state index contributed by atoms with van der Waals surface area (Å²) in [6, 6.07) is 7.88. The van der Waals surface area contributed by atoms with Crippen LogP contribution in [0.4, 0.5) is 4.79 Å². The summed E-state index contributed by atoms with van der Waals surface area (Å²) in [6.07, 6.45) is 0.983. The van der Waals surface area contributed by atoms with Gasteiger partial charge in [0, 0.05) is 19.0 Å². The summed E-state index contributed by atoms with van der Waals surface area (Å²) in [5.41, 5.74) is 1.67. The Morgan fingerprint density at radius 2 is 2.00 bits per heavy atom. The first-order chi connectivity index (χ1) is 9.40. The van der Waals surface area contributed by atoms with Crippen molar-refractivity contribution < 1.29 is 14.7 Å². The third-order valence-electron chi connectivity index (χ3n) is 3.74. The highest BCUT2D eigenvalue weighted by atomic mass is 16.4. The molecule has 0 fully saturated rings. The van der Waals surface area contributed by atoms with E-state index < -0.39 is 11.4 Å². The van der Waals surface area contributed by atoms with E-state index in [1.807, 2.05) is 12.1 Å². The molecule has 1 unspecified atom stereocenters. The van der Waals surface area contributed by atoms with Crippen LogP contribution in [0.1, 0.15) is 30.9 Å². The number of benzene rings is 1. The van der Waals surface area contributed by atoms with Crippen molar-refractivity contribution in [2.24, 2.45) is 5.41 Å². The summed E-state index contributed by atoms with van der Waals surface area (Å²) >= 11 is 0. The first kappa shape index (κ1) is 14.4. The SMILES string of the molecule is CC(C)(CNC(=O)NCC1Cc2ccccc21)C(=O)O. The van der Waals surface area contributed by atoms with Gasteiger partial charge in [-0.1, -0.05) is 24.3 Å². The van der Waals surface area contributed by atoms with Crippen molar-refractivity contribution in [3.63, 3.8) is 0 Å². The molecule has 2 amide bonds. The van der Waals surface area contributed by atoms with Crippen molar-refractivity contribution in [2.45, 2.75) is 26.2 Å². The molecule has 5 heteroatoms. The van der Waals surface area contributed by atoms with Crippen LogP contribution in [-0.4, -0.2) is 30.2 Å². The Balaban J connectivity index is 1.74. The normalized spacial score (nSPS) is 16.8. The molecule has 0 aliphatic heterocycles. The number of fused-ring (bicyclic) bond motifs is 1. The van der Waals surface area contributed by atoms with E-state index in [0.717, 1.165) is 6.42 Å². The van der Waals surface area contributed by atoms with Crippen LogP contribution in [0.15, 0.2) is 24.3 Å². The zero-order valence-electron chi connectivity index (χ0n) is 11.8. The van der Waals surface area contributed by atoms with Gasteiger partial charge in [-0.3, -0.25) is 4.79 Å². The predicted molar refractivity (Wildman–Crippen MR) is 75.7 cm³/mol. The summed E-state index contributed by atoms with van der Waals surface area (Å²) in [6.45, 7) is 3.85. The maximum atomic E-state index is 11.7. The van der Waals surface area contributed by atoms with E-state index >= 15 is 0 Å². The average Bonchev–Trinajstić information content (AvgIpc) is 2.37. The van der Waals surface area contributed by atoms with Gasteiger partial charge in [0.1, 0.15) is 0 Å². The van der Waals surface area contributed by atoms with Gasteiger partial charge in [-0.25, -0.2) is 4.79 Å². The molecule has 1 aromatic carbocycles. The van der Waals surface area contributed by atoms with E-state index in [1.165, 1.54) is 11.1 Å². The number of carboxylic acids is 1. The molecule has 1 aromatic rings. The fraction of sp³-hybridized carbons (Fsp3) is 0.467. The van der Waals surface area contributed by atoms with Crippen LogP contribution in [0.25, 0.3) is 0 Å². The first-order valence-electron chi connectivity index (χ1n) is 6.73.